The summed E-state index contributed by atoms with van der Waals surface area (Å²) in [6.07, 6.45) is 8.47. The monoisotopic (exact) mass is 290 g/mol. The smallest absolute Gasteiger partial charge is 0.225 e. The van der Waals surface area contributed by atoms with Crippen LogP contribution >= 0.6 is 0 Å². The van der Waals surface area contributed by atoms with E-state index in [1.807, 2.05) is 13.2 Å². The largest absolute Gasteiger partial charge is 0.338 e. The normalized spacial score (nSPS) is 15.9. The van der Waals surface area contributed by atoms with E-state index < -0.39 is 0 Å². The van der Waals surface area contributed by atoms with E-state index in [-0.39, 0.29) is 0 Å². The zero-order valence-corrected chi connectivity index (χ0v) is 14.0. The minimum atomic E-state index is 0.637. The van der Waals surface area contributed by atoms with Gasteiger partial charge in [0.25, 0.3) is 0 Å². The molecule has 1 aliphatic rings. The van der Waals surface area contributed by atoms with Crippen LogP contribution in [-0.2, 0) is 6.54 Å². The van der Waals surface area contributed by atoms with Gasteiger partial charge in [0.1, 0.15) is 0 Å². The summed E-state index contributed by atoms with van der Waals surface area (Å²) in [6, 6.07) is 0.637. The first kappa shape index (κ1) is 16.2. The molecular formula is C17H30N4. The summed E-state index contributed by atoms with van der Waals surface area (Å²) in [5.41, 5.74) is 2.29. The molecule has 0 bridgehead atoms. The predicted molar refractivity (Wildman–Crippen MR) is 88.6 cm³/mol. The highest BCUT2D eigenvalue weighted by Crippen LogP contribution is 2.27. The maximum Gasteiger partial charge on any atom is 0.225 e. The number of aryl methyl sites for hydroxylation is 1. The Bertz CT molecular complexity index is 438. The van der Waals surface area contributed by atoms with Gasteiger partial charge in [0.2, 0.25) is 5.95 Å². The van der Waals surface area contributed by atoms with Gasteiger partial charge in [-0.2, -0.15) is 0 Å². The molecule has 0 aromatic carbocycles. The topological polar surface area (TPSA) is 41.1 Å². The first-order valence-electron chi connectivity index (χ1n) is 8.35. The summed E-state index contributed by atoms with van der Waals surface area (Å²) in [4.78, 5) is 11.9. The van der Waals surface area contributed by atoms with Gasteiger partial charge in [0.15, 0.2) is 0 Å². The Morgan fingerprint density at radius 2 is 2.05 bits per heavy atom. The number of hydrogen-bond donors (Lipinski definition) is 1. The van der Waals surface area contributed by atoms with Gasteiger partial charge in [-0.05, 0) is 39.2 Å². The minimum Gasteiger partial charge on any atom is -0.338 e. The van der Waals surface area contributed by atoms with Gasteiger partial charge < -0.3 is 10.2 Å². The van der Waals surface area contributed by atoms with Crippen LogP contribution in [-0.4, -0.2) is 29.6 Å². The molecule has 1 fully saturated rings. The average molecular weight is 290 g/mol. The molecule has 1 aromatic rings. The lowest BCUT2D eigenvalue weighted by atomic mass is 10.1. The molecule has 0 radical (unpaired) electrons. The predicted octanol–water partition coefficient (Wildman–Crippen LogP) is 3.30. The molecule has 0 spiro atoms. The average Bonchev–Trinajstić information content (AvgIpc) is 2.96. The van der Waals surface area contributed by atoms with Crippen molar-refractivity contribution in [1.82, 2.24) is 15.3 Å². The summed E-state index contributed by atoms with van der Waals surface area (Å²) in [5.74, 6) is 1.65. The van der Waals surface area contributed by atoms with E-state index in [1.54, 1.807) is 0 Å². The molecule has 1 N–H and O–H groups in total. The number of anilines is 1. The number of rotatable bonds is 7. The van der Waals surface area contributed by atoms with Crippen LogP contribution in [0.5, 0.6) is 0 Å². The maximum absolute atomic E-state index is 4.79. The van der Waals surface area contributed by atoms with Gasteiger partial charge in [-0.15, -0.1) is 0 Å². The molecule has 0 aliphatic heterocycles. The Morgan fingerprint density at radius 1 is 1.33 bits per heavy atom. The SMILES string of the molecule is CNCc1cnc(N(CCC(C)C)C2CCCC2)nc1C. The molecule has 0 unspecified atom stereocenters. The zero-order chi connectivity index (χ0) is 15.2. The van der Waals surface area contributed by atoms with Gasteiger partial charge in [0, 0.05) is 36.6 Å². The van der Waals surface area contributed by atoms with Crippen LogP contribution in [0.4, 0.5) is 5.95 Å². The fourth-order valence-corrected chi connectivity index (χ4v) is 3.04. The molecule has 4 heteroatoms. The van der Waals surface area contributed by atoms with Crippen LogP contribution < -0.4 is 10.2 Å². The van der Waals surface area contributed by atoms with Crippen molar-refractivity contribution in [2.45, 2.75) is 65.5 Å². The standard InChI is InChI=1S/C17H30N4/c1-13(2)9-10-21(16-7-5-6-8-16)17-19-12-15(11-18-4)14(3)20-17/h12-13,16,18H,5-11H2,1-4H3. The van der Waals surface area contributed by atoms with Crippen molar-refractivity contribution >= 4 is 5.95 Å². The second-order valence-electron chi connectivity index (χ2n) is 6.63. The summed E-state index contributed by atoms with van der Waals surface area (Å²) in [6.45, 7) is 8.58. The number of aromatic nitrogens is 2. The molecule has 0 saturated heterocycles. The first-order valence-corrected chi connectivity index (χ1v) is 8.35. The van der Waals surface area contributed by atoms with Crippen molar-refractivity contribution in [2.75, 3.05) is 18.5 Å². The van der Waals surface area contributed by atoms with Crippen LogP contribution in [0.2, 0.25) is 0 Å². The van der Waals surface area contributed by atoms with Crippen LogP contribution in [0.1, 0.15) is 57.2 Å². The van der Waals surface area contributed by atoms with Crippen molar-refractivity contribution in [2.24, 2.45) is 5.92 Å². The number of nitrogens with zero attached hydrogens (tertiary/aromatic N) is 3. The zero-order valence-electron chi connectivity index (χ0n) is 14.0. The number of nitrogens with one attached hydrogen (secondary N) is 1. The molecule has 1 aliphatic carbocycles. The molecule has 4 nitrogen and oxygen atoms in total. The molecule has 1 heterocycles. The van der Waals surface area contributed by atoms with Crippen molar-refractivity contribution in [3.63, 3.8) is 0 Å². The van der Waals surface area contributed by atoms with Crippen molar-refractivity contribution in [3.05, 3.63) is 17.5 Å². The summed E-state index contributed by atoms with van der Waals surface area (Å²) < 4.78 is 0. The van der Waals surface area contributed by atoms with Crippen LogP contribution in [0.15, 0.2) is 6.20 Å². The van der Waals surface area contributed by atoms with E-state index >= 15 is 0 Å². The second-order valence-corrected chi connectivity index (χ2v) is 6.63. The summed E-state index contributed by atoms with van der Waals surface area (Å²) >= 11 is 0. The lowest BCUT2D eigenvalue weighted by molar-refractivity contribution is 0.520. The Hall–Kier alpha value is -1.16. The quantitative estimate of drug-likeness (QED) is 0.836. The van der Waals surface area contributed by atoms with Crippen LogP contribution in [0, 0.1) is 12.8 Å². The molecule has 0 atom stereocenters. The molecule has 21 heavy (non-hydrogen) atoms. The highest BCUT2D eigenvalue weighted by atomic mass is 15.3. The van der Waals surface area contributed by atoms with Gasteiger partial charge in [-0.25, -0.2) is 9.97 Å². The van der Waals surface area contributed by atoms with Crippen molar-refractivity contribution in [1.29, 1.82) is 0 Å². The Morgan fingerprint density at radius 3 is 2.62 bits per heavy atom. The Kier molecular flexibility index (Phi) is 5.97. The Balaban J connectivity index is 2.16. The maximum atomic E-state index is 4.79. The third-order valence-electron chi connectivity index (χ3n) is 4.41. The van der Waals surface area contributed by atoms with Gasteiger partial charge in [0.05, 0.1) is 0 Å². The summed E-state index contributed by atoms with van der Waals surface area (Å²) in [7, 11) is 1.96. The van der Waals surface area contributed by atoms with Crippen LogP contribution in [0.25, 0.3) is 0 Å². The molecule has 0 amide bonds. The van der Waals surface area contributed by atoms with Gasteiger partial charge >= 0.3 is 0 Å². The molecule has 2 rings (SSSR count). The van der Waals surface area contributed by atoms with Gasteiger partial charge in [-0.1, -0.05) is 26.7 Å². The highest BCUT2D eigenvalue weighted by molar-refractivity contribution is 5.34. The summed E-state index contributed by atoms with van der Waals surface area (Å²) in [5, 5.41) is 3.18. The van der Waals surface area contributed by atoms with Crippen LogP contribution in [0.3, 0.4) is 0 Å². The van der Waals surface area contributed by atoms with E-state index in [0.29, 0.717) is 6.04 Å². The van der Waals surface area contributed by atoms with Crippen molar-refractivity contribution in [3.8, 4) is 0 Å². The lowest BCUT2D eigenvalue weighted by Crippen LogP contribution is -2.36. The third-order valence-corrected chi connectivity index (χ3v) is 4.41. The van der Waals surface area contributed by atoms with E-state index in [1.165, 1.54) is 37.7 Å². The van der Waals surface area contributed by atoms with E-state index in [0.717, 1.165) is 30.6 Å². The molecule has 118 valence electrons. The highest BCUT2D eigenvalue weighted by Gasteiger charge is 2.24. The first-order chi connectivity index (χ1) is 10.1. The fraction of sp³-hybridized carbons (Fsp3) is 0.765. The fourth-order valence-electron chi connectivity index (χ4n) is 3.04. The molecular weight excluding hydrogens is 260 g/mol. The van der Waals surface area contributed by atoms with E-state index in [9.17, 15) is 0 Å². The molecule has 1 saturated carbocycles. The number of hydrogen-bond acceptors (Lipinski definition) is 4. The minimum absolute atomic E-state index is 0.637. The van der Waals surface area contributed by atoms with E-state index in [2.05, 4.69) is 36.0 Å². The van der Waals surface area contributed by atoms with Gasteiger partial charge in [-0.3, -0.25) is 0 Å². The second kappa shape index (κ2) is 7.74. The third kappa shape index (κ3) is 4.40. The lowest BCUT2D eigenvalue weighted by Gasteiger charge is -2.30. The molecule has 1 aromatic heterocycles. The van der Waals surface area contributed by atoms with E-state index in [4.69, 9.17) is 4.98 Å². The Labute approximate surface area is 129 Å². The van der Waals surface area contributed by atoms with Crippen molar-refractivity contribution < 1.29 is 0 Å².